The Bertz CT molecular complexity index is 702. The molecule has 120 valence electrons. The Labute approximate surface area is 136 Å². The lowest BCUT2D eigenvalue weighted by atomic mass is 10.00. The van der Waals surface area contributed by atoms with Crippen LogP contribution in [0.2, 0.25) is 0 Å². The number of carbonyl (C=O) groups excluding carboxylic acids is 1. The van der Waals surface area contributed by atoms with Gasteiger partial charge in [0.05, 0.1) is 12.0 Å². The third-order valence-corrected chi connectivity index (χ3v) is 3.94. The van der Waals surface area contributed by atoms with Crippen molar-refractivity contribution in [1.82, 2.24) is 5.32 Å². The molecule has 0 aliphatic rings. The Kier molecular flexibility index (Phi) is 5.52. The zero-order valence-corrected chi connectivity index (χ0v) is 13.4. The Morgan fingerprint density at radius 3 is 2.30 bits per heavy atom. The number of amides is 1. The number of carbonyl (C=O) groups is 2. The Morgan fingerprint density at radius 1 is 1.00 bits per heavy atom. The number of carboxylic acids is 1. The minimum absolute atomic E-state index is 0.0786. The summed E-state index contributed by atoms with van der Waals surface area (Å²) in [5.41, 5.74) is 4.40. The maximum atomic E-state index is 12.0. The van der Waals surface area contributed by atoms with Crippen molar-refractivity contribution < 1.29 is 14.7 Å². The van der Waals surface area contributed by atoms with E-state index in [9.17, 15) is 9.59 Å². The van der Waals surface area contributed by atoms with Gasteiger partial charge in [0.1, 0.15) is 0 Å². The fraction of sp³-hybridized carbons (Fsp3) is 0.263. The van der Waals surface area contributed by atoms with Gasteiger partial charge < -0.3 is 10.4 Å². The summed E-state index contributed by atoms with van der Waals surface area (Å²) in [4.78, 5) is 23.2. The van der Waals surface area contributed by atoms with Crippen molar-refractivity contribution in [2.75, 3.05) is 6.54 Å². The van der Waals surface area contributed by atoms with E-state index in [0.29, 0.717) is 12.1 Å². The zero-order chi connectivity index (χ0) is 16.8. The average Bonchev–Trinajstić information content (AvgIpc) is 2.50. The smallest absolute Gasteiger partial charge is 0.335 e. The highest BCUT2D eigenvalue weighted by Gasteiger charge is 2.12. The molecule has 2 rings (SSSR count). The van der Waals surface area contributed by atoms with Crippen molar-refractivity contribution in [3.63, 3.8) is 0 Å². The fourth-order valence-corrected chi connectivity index (χ4v) is 2.69. The molecular formula is C19H21NO3. The number of carboxylic acid groups (broad SMARTS) is 1. The predicted octanol–water partition coefficient (Wildman–Crippen LogP) is 2.90. The molecule has 0 bridgehead atoms. The van der Waals surface area contributed by atoms with Crippen molar-refractivity contribution in [2.45, 2.75) is 26.7 Å². The highest BCUT2D eigenvalue weighted by atomic mass is 16.4. The lowest BCUT2D eigenvalue weighted by Gasteiger charge is -2.11. The van der Waals surface area contributed by atoms with Gasteiger partial charge >= 0.3 is 5.97 Å². The number of benzene rings is 2. The number of hydrogen-bond donors (Lipinski definition) is 2. The molecule has 0 aromatic heterocycles. The second-order valence-electron chi connectivity index (χ2n) is 5.61. The Balaban J connectivity index is 1.93. The summed E-state index contributed by atoms with van der Waals surface area (Å²) in [6.45, 7) is 4.67. The second-order valence-corrected chi connectivity index (χ2v) is 5.61. The SMILES string of the molecule is Cc1cccc(C)c1CCNC(=O)Cc1ccccc1C(=O)O. The van der Waals surface area contributed by atoms with Gasteiger partial charge in [-0.25, -0.2) is 4.79 Å². The highest BCUT2D eigenvalue weighted by molar-refractivity contribution is 5.91. The van der Waals surface area contributed by atoms with Crippen LogP contribution in [-0.4, -0.2) is 23.5 Å². The van der Waals surface area contributed by atoms with Crippen LogP contribution >= 0.6 is 0 Å². The van der Waals surface area contributed by atoms with Gasteiger partial charge in [0.2, 0.25) is 5.91 Å². The molecule has 0 unspecified atom stereocenters. The number of rotatable bonds is 6. The molecular weight excluding hydrogens is 290 g/mol. The van der Waals surface area contributed by atoms with E-state index in [0.717, 1.165) is 6.42 Å². The molecule has 0 aliphatic carbocycles. The highest BCUT2D eigenvalue weighted by Crippen LogP contribution is 2.13. The summed E-state index contributed by atoms with van der Waals surface area (Å²) in [5, 5.41) is 12.0. The van der Waals surface area contributed by atoms with Gasteiger partial charge in [-0.05, 0) is 48.6 Å². The van der Waals surface area contributed by atoms with Gasteiger partial charge in [0.15, 0.2) is 0 Å². The van der Waals surface area contributed by atoms with E-state index in [1.165, 1.54) is 22.8 Å². The Morgan fingerprint density at radius 2 is 1.65 bits per heavy atom. The molecule has 23 heavy (non-hydrogen) atoms. The summed E-state index contributed by atoms with van der Waals surface area (Å²) in [6, 6.07) is 12.7. The molecule has 0 fully saturated rings. The first kappa shape index (κ1) is 16.7. The van der Waals surface area contributed by atoms with Crippen molar-refractivity contribution in [3.05, 3.63) is 70.3 Å². The summed E-state index contributed by atoms with van der Waals surface area (Å²) >= 11 is 0. The molecule has 4 heteroatoms. The maximum Gasteiger partial charge on any atom is 0.335 e. The van der Waals surface area contributed by atoms with Gasteiger partial charge in [-0.1, -0.05) is 36.4 Å². The first-order valence-electron chi connectivity index (χ1n) is 7.62. The fourth-order valence-electron chi connectivity index (χ4n) is 2.69. The molecule has 2 N–H and O–H groups in total. The van der Waals surface area contributed by atoms with Crippen molar-refractivity contribution in [3.8, 4) is 0 Å². The minimum Gasteiger partial charge on any atom is -0.478 e. The standard InChI is InChI=1S/C19H21NO3/c1-13-6-5-7-14(2)16(13)10-11-20-18(21)12-15-8-3-4-9-17(15)19(22)23/h3-9H,10-12H2,1-2H3,(H,20,21)(H,22,23). The topological polar surface area (TPSA) is 66.4 Å². The third kappa shape index (κ3) is 4.42. The molecule has 0 spiro atoms. The van der Waals surface area contributed by atoms with E-state index < -0.39 is 5.97 Å². The summed E-state index contributed by atoms with van der Waals surface area (Å²) in [7, 11) is 0. The van der Waals surface area contributed by atoms with E-state index in [1.54, 1.807) is 18.2 Å². The molecule has 1 amide bonds. The first-order chi connectivity index (χ1) is 11.0. The van der Waals surface area contributed by atoms with Crippen LogP contribution in [0.3, 0.4) is 0 Å². The van der Waals surface area contributed by atoms with Crippen LogP contribution in [0.25, 0.3) is 0 Å². The molecule has 4 nitrogen and oxygen atoms in total. The molecule has 0 aliphatic heterocycles. The number of nitrogens with one attached hydrogen (secondary N) is 1. The van der Waals surface area contributed by atoms with Gasteiger partial charge in [-0.15, -0.1) is 0 Å². The Hall–Kier alpha value is -2.62. The van der Waals surface area contributed by atoms with Gasteiger partial charge in [0.25, 0.3) is 0 Å². The molecule has 0 atom stereocenters. The van der Waals surface area contributed by atoms with Crippen LogP contribution in [0, 0.1) is 13.8 Å². The second kappa shape index (κ2) is 7.58. The maximum absolute atomic E-state index is 12.0. The molecule has 0 heterocycles. The largest absolute Gasteiger partial charge is 0.478 e. The van der Waals surface area contributed by atoms with Gasteiger partial charge in [-0.3, -0.25) is 4.79 Å². The molecule has 2 aromatic carbocycles. The third-order valence-electron chi connectivity index (χ3n) is 3.94. The molecule has 0 radical (unpaired) electrons. The van der Waals surface area contributed by atoms with Crippen LogP contribution in [0.4, 0.5) is 0 Å². The van der Waals surface area contributed by atoms with Crippen LogP contribution in [0.1, 0.15) is 32.6 Å². The quantitative estimate of drug-likeness (QED) is 0.862. The number of aromatic carboxylic acids is 1. The van der Waals surface area contributed by atoms with Crippen LogP contribution in [-0.2, 0) is 17.6 Å². The normalized spacial score (nSPS) is 10.3. The van der Waals surface area contributed by atoms with Gasteiger partial charge in [-0.2, -0.15) is 0 Å². The van der Waals surface area contributed by atoms with Gasteiger partial charge in [0, 0.05) is 6.54 Å². The average molecular weight is 311 g/mol. The van der Waals surface area contributed by atoms with Crippen molar-refractivity contribution >= 4 is 11.9 Å². The first-order valence-corrected chi connectivity index (χ1v) is 7.62. The molecule has 0 saturated carbocycles. The van der Waals surface area contributed by atoms with E-state index in [4.69, 9.17) is 5.11 Å². The number of aryl methyl sites for hydroxylation is 2. The summed E-state index contributed by atoms with van der Waals surface area (Å²) < 4.78 is 0. The monoisotopic (exact) mass is 311 g/mol. The summed E-state index contributed by atoms with van der Waals surface area (Å²) in [5.74, 6) is -1.17. The van der Waals surface area contributed by atoms with Crippen molar-refractivity contribution in [1.29, 1.82) is 0 Å². The van der Waals surface area contributed by atoms with Crippen LogP contribution in [0.5, 0.6) is 0 Å². The lowest BCUT2D eigenvalue weighted by Crippen LogP contribution is -2.28. The molecule has 0 saturated heterocycles. The van der Waals surface area contributed by atoms with Crippen LogP contribution in [0.15, 0.2) is 42.5 Å². The van der Waals surface area contributed by atoms with E-state index in [-0.39, 0.29) is 17.9 Å². The van der Waals surface area contributed by atoms with E-state index in [1.807, 2.05) is 6.07 Å². The summed E-state index contributed by atoms with van der Waals surface area (Å²) in [6.07, 6.45) is 0.847. The van der Waals surface area contributed by atoms with Crippen molar-refractivity contribution in [2.24, 2.45) is 0 Å². The molecule has 2 aromatic rings. The lowest BCUT2D eigenvalue weighted by molar-refractivity contribution is -0.120. The predicted molar refractivity (Wildman–Crippen MR) is 89.7 cm³/mol. The number of hydrogen-bond acceptors (Lipinski definition) is 2. The minimum atomic E-state index is -1.01. The van der Waals surface area contributed by atoms with E-state index in [2.05, 4.69) is 31.3 Å². The van der Waals surface area contributed by atoms with E-state index >= 15 is 0 Å². The van der Waals surface area contributed by atoms with Crippen LogP contribution < -0.4 is 5.32 Å². The zero-order valence-electron chi connectivity index (χ0n) is 13.4.